The summed E-state index contributed by atoms with van der Waals surface area (Å²) in [5.41, 5.74) is 3.43. The highest BCUT2D eigenvalue weighted by Gasteiger charge is 2.20. The van der Waals surface area contributed by atoms with Crippen molar-refractivity contribution < 1.29 is 9.53 Å². The lowest BCUT2D eigenvalue weighted by Crippen LogP contribution is -2.08. The predicted molar refractivity (Wildman–Crippen MR) is 89.4 cm³/mol. The third kappa shape index (κ3) is 1.91. The van der Waals surface area contributed by atoms with Gasteiger partial charge in [-0.2, -0.15) is 0 Å². The number of esters is 1. The Labute approximate surface area is 129 Å². The Hall–Kier alpha value is -2.35. The standard InChI is InChI=1S/C20H18O2/c1-22-20(21)18-12-14-7-3-4-8-15(14)17-11-10-13-6-2-5-9-16(13)19(17)18/h3-4,7-8,10-12H,2,5-6,9H2,1H3. The summed E-state index contributed by atoms with van der Waals surface area (Å²) in [6, 6.07) is 14.7. The summed E-state index contributed by atoms with van der Waals surface area (Å²) in [6.07, 6.45) is 4.59. The minimum absolute atomic E-state index is 0.241. The van der Waals surface area contributed by atoms with Crippen molar-refractivity contribution in [1.29, 1.82) is 0 Å². The fourth-order valence-corrected chi connectivity index (χ4v) is 3.73. The van der Waals surface area contributed by atoms with Crippen LogP contribution < -0.4 is 0 Å². The SMILES string of the molecule is COC(=O)c1cc2ccccc2c2ccc3c(c12)CCCC3. The van der Waals surface area contributed by atoms with E-state index in [1.807, 2.05) is 12.1 Å². The zero-order chi connectivity index (χ0) is 15.1. The molecule has 22 heavy (non-hydrogen) atoms. The van der Waals surface area contributed by atoms with E-state index in [9.17, 15) is 4.79 Å². The largest absolute Gasteiger partial charge is 0.465 e. The molecule has 4 rings (SSSR count). The average molecular weight is 290 g/mol. The minimum Gasteiger partial charge on any atom is -0.465 e. The van der Waals surface area contributed by atoms with Gasteiger partial charge in [-0.25, -0.2) is 4.79 Å². The topological polar surface area (TPSA) is 26.3 Å². The first kappa shape index (κ1) is 13.3. The van der Waals surface area contributed by atoms with Crippen LogP contribution in [0.4, 0.5) is 0 Å². The molecule has 0 saturated carbocycles. The first-order valence-electron chi connectivity index (χ1n) is 7.84. The molecule has 0 radical (unpaired) electrons. The zero-order valence-corrected chi connectivity index (χ0v) is 12.7. The molecule has 2 nitrogen and oxygen atoms in total. The van der Waals surface area contributed by atoms with Gasteiger partial charge in [-0.3, -0.25) is 0 Å². The predicted octanol–water partition coefficient (Wildman–Crippen LogP) is 4.66. The van der Waals surface area contributed by atoms with Crippen LogP contribution in [0.2, 0.25) is 0 Å². The van der Waals surface area contributed by atoms with E-state index in [1.54, 1.807) is 0 Å². The smallest absolute Gasteiger partial charge is 0.338 e. The second-order valence-electron chi connectivity index (χ2n) is 5.97. The lowest BCUT2D eigenvalue weighted by Gasteiger charge is -2.20. The van der Waals surface area contributed by atoms with E-state index in [-0.39, 0.29) is 5.97 Å². The molecule has 2 heteroatoms. The van der Waals surface area contributed by atoms with Crippen LogP contribution in [0.15, 0.2) is 42.5 Å². The van der Waals surface area contributed by atoms with Crippen LogP contribution in [0.25, 0.3) is 21.5 Å². The van der Waals surface area contributed by atoms with E-state index < -0.39 is 0 Å². The number of hydrogen-bond acceptors (Lipinski definition) is 2. The van der Waals surface area contributed by atoms with Crippen molar-refractivity contribution >= 4 is 27.5 Å². The number of rotatable bonds is 1. The third-order valence-corrected chi connectivity index (χ3v) is 4.76. The van der Waals surface area contributed by atoms with Gasteiger partial charge in [0.15, 0.2) is 0 Å². The molecule has 3 aromatic carbocycles. The molecule has 3 aromatic rings. The number of fused-ring (bicyclic) bond motifs is 5. The number of carbonyl (C=O) groups excluding carboxylic acids is 1. The van der Waals surface area contributed by atoms with Crippen molar-refractivity contribution in [2.75, 3.05) is 7.11 Å². The molecule has 0 aromatic heterocycles. The first-order chi connectivity index (χ1) is 10.8. The van der Waals surface area contributed by atoms with E-state index >= 15 is 0 Å². The Bertz CT molecular complexity index is 893. The van der Waals surface area contributed by atoms with Crippen molar-refractivity contribution in [1.82, 2.24) is 0 Å². The summed E-state index contributed by atoms with van der Waals surface area (Å²) in [5.74, 6) is -0.241. The van der Waals surface area contributed by atoms with E-state index in [0.717, 1.165) is 23.6 Å². The highest BCUT2D eigenvalue weighted by Crippen LogP contribution is 2.36. The number of benzene rings is 3. The number of ether oxygens (including phenoxy) is 1. The van der Waals surface area contributed by atoms with Crippen LogP contribution in [-0.4, -0.2) is 13.1 Å². The van der Waals surface area contributed by atoms with E-state index in [4.69, 9.17) is 4.74 Å². The molecule has 0 atom stereocenters. The molecule has 0 bridgehead atoms. The summed E-state index contributed by atoms with van der Waals surface area (Å²) in [4.78, 5) is 12.3. The normalized spacial score (nSPS) is 14.0. The Morgan fingerprint density at radius 3 is 2.68 bits per heavy atom. The first-order valence-corrected chi connectivity index (χ1v) is 7.84. The van der Waals surface area contributed by atoms with E-state index in [0.29, 0.717) is 5.56 Å². The number of carbonyl (C=O) groups is 1. The minimum atomic E-state index is -0.241. The monoisotopic (exact) mass is 290 g/mol. The maximum absolute atomic E-state index is 12.3. The van der Waals surface area contributed by atoms with Gasteiger partial charge in [-0.1, -0.05) is 36.4 Å². The molecule has 110 valence electrons. The third-order valence-electron chi connectivity index (χ3n) is 4.76. The highest BCUT2D eigenvalue weighted by atomic mass is 16.5. The van der Waals surface area contributed by atoms with Crippen molar-refractivity contribution in [3.63, 3.8) is 0 Å². The number of methoxy groups -OCH3 is 1. The zero-order valence-electron chi connectivity index (χ0n) is 12.7. The van der Waals surface area contributed by atoms with Gasteiger partial charge in [0, 0.05) is 5.39 Å². The number of hydrogen-bond donors (Lipinski definition) is 0. The summed E-state index contributed by atoms with van der Waals surface area (Å²) < 4.78 is 5.05. The molecule has 0 amide bonds. The summed E-state index contributed by atoms with van der Waals surface area (Å²) in [6.45, 7) is 0. The lowest BCUT2D eigenvalue weighted by molar-refractivity contribution is 0.0603. The molecular formula is C20H18O2. The molecule has 0 saturated heterocycles. The molecule has 0 fully saturated rings. The molecule has 0 unspecified atom stereocenters. The maximum Gasteiger partial charge on any atom is 0.338 e. The Morgan fingerprint density at radius 1 is 1.00 bits per heavy atom. The van der Waals surface area contributed by atoms with Crippen molar-refractivity contribution in [3.8, 4) is 0 Å². The van der Waals surface area contributed by atoms with E-state index in [1.165, 1.54) is 41.9 Å². The van der Waals surface area contributed by atoms with Crippen LogP contribution in [0.5, 0.6) is 0 Å². The van der Waals surface area contributed by atoms with Gasteiger partial charge < -0.3 is 4.74 Å². The maximum atomic E-state index is 12.3. The van der Waals surface area contributed by atoms with Gasteiger partial charge in [-0.05, 0) is 59.0 Å². The highest BCUT2D eigenvalue weighted by molar-refractivity contribution is 6.17. The van der Waals surface area contributed by atoms with Gasteiger partial charge in [0.1, 0.15) is 0 Å². The quantitative estimate of drug-likeness (QED) is 0.481. The summed E-state index contributed by atoms with van der Waals surface area (Å²) >= 11 is 0. The van der Waals surface area contributed by atoms with Gasteiger partial charge in [-0.15, -0.1) is 0 Å². The van der Waals surface area contributed by atoms with E-state index in [2.05, 4.69) is 30.3 Å². The van der Waals surface area contributed by atoms with Crippen LogP contribution in [0.1, 0.15) is 34.3 Å². The van der Waals surface area contributed by atoms with Crippen LogP contribution in [-0.2, 0) is 17.6 Å². The molecule has 1 aliphatic rings. The Balaban J connectivity index is 2.19. The van der Waals surface area contributed by atoms with Crippen LogP contribution in [0.3, 0.4) is 0 Å². The fraction of sp³-hybridized carbons (Fsp3) is 0.250. The van der Waals surface area contributed by atoms with Crippen LogP contribution in [0, 0.1) is 0 Å². The Kier molecular flexibility index (Phi) is 3.11. The molecular weight excluding hydrogens is 272 g/mol. The molecule has 1 aliphatic carbocycles. The second kappa shape index (κ2) is 5.13. The van der Waals surface area contributed by atoms with Crippen molar-refractivity contribution in [2.45, 2.75) is 25.7 Å². The molecule has 0 N–H and O–H groups in total. The van der Waals surface area contributed by atoms with Crippen molar-refractivity contribution in [2.24, 2.45) is 0 Å². The van der Waals surface area contributed by atoms with Crippen molar-refractivity contribution in [3.05, 3.63) is 59.2 Å². The molecule has 0 spiro atoms. The van der Waals surface area contributed by atoms with Crippen LogP contribution >= 0.6 is 0 Å². The van der Waals surface area contributed by atoms with Gasteiger partial charge in [0.2, 0.25) is 0 Å². The second-order valence-corrected chi connectivity index (χ2v) is 5.97. The van der Waals surface area contributed by atoms with Gasteiger partial charge in [0.25, 0.3) is 0 Å². The summed E-state index contributed by atoms with van der Waals surface area (Å²) in [7, 11) is 1.46. The van der Waals surface area contributed by atoms with Gasteiger partial charge >= 0.3 is 5.97 Å². The lowest BCUT2D eigenvalue weighted by atomic mass is 9.84. The average Bonchev–Trinajstić information content (AvgIpc) is 2.59. The fourth-order valence-electron chi connectivity index (χ4n) is 3.73. The summed E-state index contributed by atoms with van der Waals surface area (Å²) in [5, 5.41) is 4.56. The Morgan fingerprint density at radius 2 is 1.82 bits per heavy atom. The molecule has 0 heterocycles. The van der Waals surface area contributed by atoms with Gasteiger partial charge in [0.05, 0.1) is 12.7 Å². The number of aryl methyl sites for hydroxylation is 2. The molecule has 0 aliphatic heterocycles.